The zero-order chi connectivity index (χ0) is 10.8. The second-order valence-corrected chi connectivity index (χ2v) is 4.61. The summed E-state index contributed by atoms with van der Waals surface area (Å²) in [5.41, 5.74) is 0. The molecule has 4 atom stereocenters. The predicted molar refractivity (Wildman–Crippen MR) is 55.4 cm³/mol. The average Bonchev–Trinajstić information content (AvgIpc) is 2.42. The first-order chi connectivity index (χ1) is 7.19. The number of carbonyl (C=O) groups excluding carboxylic acids is 1. The highest BCUT2D eigenvalue weighted by atomic mass is 16.5. The van der Waals surface area contributed by atoms with Crippen LogP contribution < -0.4 is 5.32 Å². The van der Waals surface area contributed by atoms with Crippen molar-refractivity contribution in [2.24, 2.45) is 0 Å². The number of fused-ring (bicyclic) bond motifs is 2. The van der Waals surface area contributed by atoms with Gasteiger partial charge in [-0.1, -0.05) is 6.92 Å². The zero-order valence-corrected chi connectivity index (χ0v) is 9.11. The van der Waals surface area contributed by atoms with Crippen molar-refractivity contribution in [1.82, 2.24) is 5.32 Å². The number of aliphatic hydroxyl groups excluding tert-OH is 1. The Balaban J connectivity index is 1.87. The summed E-state index contributed by atoms with van der Waals surface area (Å²) in [6.45, 7) is 1.97. The van der Waals surface area contributed by atoms with Crippen molar-refractivity contribution in [2.75, 3.05) is 0 Å². The second kappa shape index (κ2) is 4.49. The molecule has 0 aromatic carbocycles. The van der Waals surface area contributed by atoms with Crippen LogP contribution in [0.5, 0.6) is 0 Å². The van der Waals surface area contributed by atoms with Crippen LogP contribution in [-0.4, -0.2) is 35.4 Å². The van der Waals surface area contributed by atoms with Crippen molar-refractivity contribution in [3.05, 3.63) is 0 Å². The zero-order valence-electron chi connectivity index (χ0n) is 9.11. The molecule has 2 bridgehead atoms. The number of nitrogens with one attached hydrogen (secondary N) is 1. The lowest BCUT2D eigenvalue weighted by Gasteiger charge is -2.26. The van der Waals surface area contributed by atoms with Gasteiger partial charge in [0.1, 0.15) is 6.10 Å². The molecule has 2 aliphatic heterocycles. The fourth-order valence-electron chi connectivity index (χ4n) is 2.59. The van der Waals surface area contributed by atoms with Gasteiger partial charge in [-0.15, -0.1) is 0 Å². The van der Waals surface area contributed by atoms with Gasteiger partial charge in [0.15, 0.2) is 0 Å². The fraction of sp³-hybridized carbons (Fsp3) is 0.909. The summed E-state index contributed by atoms with van der Waals surface area (Å²) < 4.78 is 5.40. The molecule has 0 radical (unpaired) electrons. The maximum atomic E-state index is 11.4. The number of rotatable bonds is 3. The lowest BCUT2D eigenvalue weighted by atomic mass is 10.0. The summed E-state index contributed by atoms with van der Waals surface area (Å²) in [6.07, 6.45) is 3.43. The summed E-state index contributed by atoms with van der Waals surface area (Å²) in [5, 5.41) is 12.9. The van der Waals surface area contributed by atoms with Gasteiger partial charge in [-0.3, -0.25) is 4.79 Å². The maximum absolute atomic E-state index is 11.4. The molecule has 15 heavy (non-hydrogen) atoms. The van der Waals surface area contributed by atoms with Crippen molar-refractivity contribution in [3.8, 4) is 0 Å². The molecule has 2 rings (SSSR count). The topological polar surface area (TPSA) is 58.6 Å². The van der Waals surface area contributed by atoms with E-state index in [2.05, 4.69) is 5.32 Å². The molecule has 0 aromatic rings. The number of hydrogen-bond acceptors (Lipinski definition) is 4. The summed E-state index contributed by atoms with van der Waals surface area (Å²) in [5.74, 6) is -0.105. The van der Waals surface area contributed by atoms with Crippen molar-refractivity contribution in [3.63, 3.8) is 0 Å². The van der Waals surface area contributed by atoms with E-state index >= 15 is 0 Å². The summed E-state index contributed by atoms with van der Waals surface area (Å²) in [4.78, 5) is 11.4. The summed E-state index contributed by atoms with van der Waals surface area (Å²) in [6, 6.07) is 0.498. The quantitative estimate of drug-likeness (QED) is 0.673. The van der Waals surface area contributed by atoms with Crippen LogP contribution in [0.1, 0.15) is 39.0 Å². The standard InChI is InChI=1S/C11H19NO3/c1-2-3-11(14)15-10-5-7-4-8(13)6-9(10)12-7/h7-10,12-13H,2-6H2,1H3/t7-,8?,9+,10?/m1/s1. The smallest absolute Gasteiger partial charge is 0.306 e. The molecule has 86 valence electrons. The van der Waals surface area contributed by atoms with Gasteiger partial charge in [-0.25, -0.2) is 0 Å². The van der Waals surface area contributed by atoms with E-state index in [-0.39, 0.29) is 24.2 Å². The van der Waals surface area contributed by atoms with Crippen LogP contribution in [0, 0.1) is 0 Å². The first kappa shape index (κ1) is 10.9. The van der Waals surface area contributed by atoms with Gasteiger partial charge in [0.2, 0.25) is 0 Å². The third-order valence-corrected chi connectivity index (χ3v) is 3.23. The van der Waals surface area contributed by atoms with Gasteiger partial charge < -0.3 is 15.2 Å². The Morgan fingerprint density at radius 3 is 3.00 bits per heavy atom. The van der Waals surface area contributed by atoms with E-state index in [1.165, 1.54) is 0 Å². The third-order valence-electron chi connectivity index (χ3n) is 3.23. The van der Waals surface area contributed by atoms with Crippen LogP contribution in [0.2, 0.25) is 0 Å². The van der Waals surface area contributed by atoms with Crippen LogP contribution in [0.3, 0.4) is 0 Å². The van der Waals surface area contributed by atoms with Gasteiger partial charge in [-0.05, 0) is 19.3 Å². The summed E-state index contributed by atoms with van der Waals surface area (Å²) in [7, 11) is 0. The van der Waals surface area contributed by atoms with Crippen LogP contribution in [0.15, 0.2) is 0 Å². The highest BCUT2D eigenvalue weighted by Crippen LogP contribution is 2.29. The van der Waals surface area contributed by atoms with E-state index < -0.39 is 0 Å². The van der Waals surface area contributed by atoms with Crippen molar-refractivity contribution >= 4 is 5.97 Å². The molecule has 2 unspecified atom stereocenters. The maximum Gasteiger partial charge on any atom is 0.306 e. The van der Waals surface area contributed by atoms with Crippen LogP contribution in [0.4, 0.5) is 0 Å². The Bertz CT molecular complexity index is 244. The Morgan fingerprint density at radius 2 is 2.27 bits per heavy atom. The van der Waals surface area contributed by atoms with E-state index in [0.717, 1.165) is 19.3 Å². The fourth-order valence-corrected chi connectivity index (χ4v) is 2.59. The molecule has 0 saturated carbocycles. The van der Waals surface area contributed by atoms with Gasteiger partial charge in [0.25, 0.3) is 0 Å². The predicted octanol–water partition coefficient (Wildman–Crippen LogP) is 0.584. The number of aliphatic hydroxyl groups is 1. The first-order valence-corrected chi connectivity index (χ1v) is 5.82. The lowest BCUT2D eigenvalue weighted by molar-refractivity contribution is -0.149. The van der Waals surface area contributed by atoms with Crippen molar-refractivity contribution in [1.29, 1.82) is 0 Å². The number of carbonyl (C=O) groups is 1. The van der Waals surface area contributed by atoms with E-state index in [0.29, 0.717) is 18.9 Å². The Kier molecular flexibility index (Phi) is 3.26. The molecule has 0 aromatic heterocycles. The number of hydrogen-bond donors (Lipinski definition) is 2. The molecular weight excluding hydrogens is 194 g/mol. The van der Waals surface area contributed by atoms with Crippen molar-refractivity contribution in [2.45, 2.75) is 63.3 Å². The molecule has 0 amide bonds. The first-order valence-electron chi connectivity index (χ1n) is 5.82. The SMILES string of the molecule is CCCC(=O)OC1C[C@H]2CC(O)C[C@@H]1N2. The molecular formula is C11H19NO3. The van der Waals surface area contributed by atoms with Gasteiger partial charge in [0.05, 0.1) is 6.10 Å². The van der Waals surface area contributed by atoms with E-state index in [1.807, 2.05) is 6.92 Å². The Hall–Kier alpha value is -0.610. The minimum atomic E-state index is -0.226. The minimum absolute atomic E-state index is 0.0220. The Labute approximate surface area is 90.0 Å². The highest BCUT2D eigenvalue weighted by Gasteiger charge is 2.41. The minimum Gasteiger partial charge on any atom is -0.461 e. The molecule has 2 N–H and O–H groups in total. The number of ether oxygens (including phenoxy) is 1. The lowest BCUT2D eigenvalue weighted by Crippen LogP contribution is -2.43. The van der Waals surface area contributed by atoms with Crippen molar-refractivity contribution < 1.29 is 14.6 Å². The van der Waals surface area contributed by atoms with Gasteiger partial charge in [0, 0.05) is 24.9 Å². The van der Waals surface area contributed by atoms with E-state index in [1.54, 1.807) is 0 Å². The number of piperidine rings is 1. The normalized spacial score (nSPS) is 39.1. The second-order valence-electron chi connectivity index (χ2n) is 4.61. The van der Waals surface area contributed by atoms with Gasteiger partial charge >= 0.3 is 5.97 Å². The van der Waals surface area contributed by atoms with Crippen LogP contribution >= 0.6 is 0 Å². The molecule has 2 heterocycles. The third kappa shape index (κ3) is 2.49. The molecule has 4 heteroatoms. The Morgan fingerprint density at radius 1 is 1.47 bits per heavy atom. The molecule has 2 saturated heterocycles. The van der Waals surface area contributed by atoms with Crippen LogP contribution in [-0.2, 0) is 9.53 Å². The molecule has 0 spiro atoms. The summed E-state index contributed by atoms with van der Waals surface area (Å²) >= 11 is 0. The monoisotopic (exact) mass is 213 g/mol. The molecule has 2 fully saturated rings. The largest absolute Gasteiger partial charge is 0.461 e. The van der Waals surface area contributed by atoms with Gasteiger partial charge in [-0.2, -0.15) is 0 Å². The molecule has 2 aliphatic rings. The van der Waals surface area contributed by atoms with Crippen LogP contribution in [0.25, 0.3) is 0 Å². The average molecular weight is 213 g/mol. The number of esters is 1. The van der Waals surface area contributed by atoms with E-state index in [4.69, 9.17) is 4.74 Å². The molecule has 0 aliphatic carbocycles. The molecule has 4 nitrogen and oxygen atoms in total. The van der Waals surface area contributed by atoms with E-state index in [9.17, 15) is 9.90 Å². The highest BCUT2D eigenvalue weighted by molar-refractivity contribution is 5.69.